The van der Waals surface area contributed by atoms with Crippen molar-refractivity contribution in [2.24, 2.45) is 0 Å². The summed E-state index contributed by atoms with van der Waals surface area (Å²) in [6.07, 6.45) is 2.96. The number of nitrogens with zero attached hydrogens (tertiary/aromatic N) is 1. The second-order valence-electron chi connectivity index (χ2n) is 4.86. The Bertz CT molecular complexity index is 670. The molecule has 1 N–H and O–H groups in total. The van der Waals surface area contributed by atoms with Crippen molar-refractivity contribution in [2.45, 2.75) is 6.42 Å². The molecule has 8 heteroatoms. The van der Waals surface area contributed by atoms with E-state index in [9.17, 15) is 16.8 Å². The molecule has 0 heterocycles. The highest BCUT2D eigenvalue weighted by Crippen LogP contribution is 2.02. The maximum absolute atomic E-state index is 11.9. The van der Waals surface area contributed by atoms with Gasteiger partial charge in [0.15, 0.2) is 0 Å². The minimum absolute atomic E-state index is 0.0304. The monoisotopic (exact) mass is 346 g/mol. The minimum atomic E-state index is -3.43. The number of hydrogen-bond acceptors (Lipinski definition) is 4. The zero-order chi connectivity index (χ0) is 16.6. The van der Waals surface area contributed by atoms with Gasteiger partial charge in [0, 0.05) is 19.6 Å². The van der Waals surface area contributed by atoms with E-state index in [-0.39, 0.29) is 25.4 Å². The molecule has 0 atom stereocenters. The summed E-state index contributed by atoms with van der Waals surface area (Å²) >= 11 is 0. The van der Waals surface area contributed by atoms with Crippen molar-refractivity contribution < 1.29 is 16.8 Å². The topological polar surface area (TPSA) is 83.6 Å². The molecule has 0 saturated heterocycles. The van der Waals surface area contributed by atoms with Crippen LogP contribution in [-0.2, 0) is 26.5 Å². The third kappa shape index (κ3) is 7.17. The SMILES string of the molecule is C=CCN(CCNS(=O)(=O)CCc1ccccc1)S(C)(=O)=O. The lowest BCUT2D eigenvalue weighted by molar-refractivity contribution is 0.447. The maximum atomic E-state index is 11.9. The average molecular weight is 346 g/mol. The van der Waals surface area contributed by atoms with Gasteiger partial charge in [-0.3, -0.25) is 0 Å². The molecule has 0 saturated carbocycles. The smallest absolute Gasteiger partial charge is 0.211 e. The Morgan fingerprint density at radius 3 is 2.36 bits per heavy atom. The first kappa shape index (κ1) is 18.8. The van der Waals surface area contributed by atoms with Gasteiger partial charge in [0.05, 0.1) is 12.0 Å². The standard InChI is InChI=1S/C14H22N2O4S2/c1-3-11-16(21(2,17)18)12-10-15-22(19,20)13-9-14-7-5-4-6-8-14/h3-8,15H,1,9-13H2,2H3. The Hall–Kier alpha value is -1.22. The van der Waals surface area contributed by atoms with Crippen LogP contribution < -0.4 is 4.72 Å². The summed E-state index contributed by atoms with van der Waals surface area (Å²) in [7, 11) is -6.81. The molecule has 6 nitrogen and oxygen atoms in total. The Labute approximate surface area is 132 Å². The molecule has 0 aliphatic heterocycles. The average Bonchev–Trinajstić information content (AvgIpc) is 2.44. The maximum Gasteiger partial charge on any atom is 0.211 e. The van der Waals surface area contributed by atoms with E-state index in [1.807, 2.05) is 30.3 Å². The van der Waals surface area contributed by atoms with E-state index in [4.69, 9.17) is 0 Å². The fourth-order valence-corrected chi connectivity index (χ4v) is 3.68. The Kier molecular flexibility index (Phi) is 7.21. The van der Waals surface area contributed by atoms with Crippen molar-refractivity contribution in [1.29, 1.82) is 0 Å². The van der Waals surface area contributed by atoms with Crippen LogP contribution in [0.5, 0.6) is 0 Å². The van der Waals surface area contributed by atoms with E-state index in [2.05, 4.69) is 11.3 Å². The third-order valence-electron chi connectivity index (χ3n) is 2.99. The number of aryl methyl sites for hydroxylation is 1. The number of nitrogens with one attached hydrogen (secondary N) is 1. The summed E-state index contributed by atoms with van der Waals surface area (Å²) in [5, 5.41) is 0. The van der Waals surface area contributed by atoms with Gasteiger partial charge < -0.3 is 0 Å². The molecule has 0 aliphatic rings. The predicted octanol–water partition coefficient (Wildman–Crippen LogP) is 0.596. The van der Waals surface area contributed by atoms with Crippen LogP contribution in [0.15, 0.2) is 43.0 Å². The molecule has 0 unspecified atom stereocenters. The molecule has 0 aromatic heterocycles. The Balaban J connectivity index is 2.46. The Morgan fingerprint density at radius 1 is 1.18 bits per heavy atom. The first-order valence-electron chi connectivity index (χ1n) is 6.82. The van der Waals surface area contributed by atoms with E-state index in [0.29, 0.717) is 6.42 Å². The summed E-state index contributed by atoms with van der Waals surface area (Å²) in [5.74, 6) is -0.0304. The number of hydrogen-bond donors (Lipinski definition) is 1. The van der Waals surface area contributed by atoms with E-state index in [1.165, 1.54) is 10.4 Å². The van der Waals surface area contributed by atoms with E-state index >= 15 is 0 Å². The largest absolute Gasteiger partial charge is 0.214 e. The van der Waals surface area contributed by atoms with Crippen LogP contribution in [0.1, 0.15) is 5.56 Å². The van der Waals surface area contributed by atoms with Gasteiger partial charge in [0.25, 0.3) is 0 Å². The van der Waals surface area contributed by atoms with Crippen LogP contribution in [0.2, 0.25) is 0 Å². The summed E-state index contributed by atoms with van der Waals surface area (Å²) in [5.41, 5.74) is 0.942. The van der Waals surface area contributed by atoms with Gasteiger partial charge in [-0.25, -0.2) is 21.6 Å². The summed E-state index contributed by atoms with van der Waals surface area (Å²) < 4.78 is 50.4. The van der Waals surface area contributed by atoms with Crippen molar-refractivity contribution in [3.8, 4) is 0 Å². The van der Waals surface area contributed by atoms with Crippen LogP contribution >= 0.6 is 0 Å². The van der Waals surface area contributed by atoms with Gasteiger partial charge in [0.1, 0.15) is 0 Å². The number of sulfonamides is 2. The van der Waals surface area contributed by atoms with E-state index in [1.54, 1.807) is 0 Å². The van der Waals surface area contributed by atoms with Crippen LogP contribution in [0.25, 0.3) is 0 Å². The van der Waals surface area contributed by atoms with Crippen LogP contribution in [0.3, 0.4) is 0 Å². The molecule has 22 heavy (non-hydrogen) atoms. The predicted molar refractivity (Wildman–Crippen MR) is 88.5 cm³/mol. The van der Waals surface area contributed by atoms with Crippen LogP contribution in [0.4, 0.5) is 0 Å². The number of benzene rings is 1. The molecule has 0 spiro atoms. The molecular weight excluding hydrogens is 324 g/mol. The molecule has 1 aromatic rings. The van der Waals surface area contributed by atoms with Gasteiger partial charge >= 0.3 is 0 Å². The van der Waals surface area contributed by atoms with Crippen LogP contribution in [-0.4, -0.2) is 52.8 Å². The normalized spacial score (nSPS) is 12.5. The zero-order valence-electron chi connectivity index (χ0n) is 12.6. The highest BCUT2D eigenvalue weighted by molar-refractivity contribution is 7.89. The quantitative estimate of drug-likeness (QED) is 0.629. The second kappa shape index (κ2) is 8.42. The fraction of sp³-hybridized carbons (Fsp3) is 0.429. The minimum Gasteiger partial charge on any atom is -0.214 e. The lowest BCUT2D eigenvalue weighted by atomic mass is 10.2. The van der Waals surface area contributed by atoms with Crippen molar-refractivity contribution in [1.82, 2.24) is 9.03 Å². The van der Waals surface area contributed by atoms with Gasteiger partial charge in [-0.05, 0) is 12.0 Å². The summed E-state index contributed by atoms with van der Waals surface area (Å²) in [6.45, 7) is 3.76. The van der Waals surface area contributed by atoms with Crippen molar-refractivity contribution in [3.05, 3.63) is 48.6 Å². The van der Waals surface area contributed by atoms with Crippen molar-refractivity contribution >= 4 is 20.0 Å². The van der Waals surface area contributed by atoms with Crippen molar-refractivity contribution in [2.75, 3.05) is 31.6 Å². The molecule has 0 aliphatic carbocycles. The first-order valence-corrected chi connectivity index (χ1v) is 10.3. The van der Waals surface area contributed by atoms with Gasteiger partial charge in [0.2, 0.25) is 20.0 Å². The second-order valence-corrected chi connectivity index (χ2v) is 8.77. The van der Waals surface area contributed by atoms with Crippen molar-refractivity contribution in [3.63, 3.8) is 0 Å². The molecule has 0 fully saturated rings. The highest BCUT2D eigenvalue weighted by atomic mass is 32.2. The summed E-state index contributed by atoms with van der Waals surface area (Å²) in [6, 6.07) is 9.31. The molecule has 1 aromatic carbocycles. The molecule has 124 valence electrons. The molecule has 0 bridgehead atoms. The van der Waals surface area contributed by atoms with E-state index in [0.717, 1.165) is 11.8 Å². The van der Waals surface area contributed by atoms with E-state index < -0.39 is 20.0 Å². The first-order chi connectivity index (χ1) is 10.2. The third-order valence-corrected chi connectivity index (χ3v) is 5.64. The summed E-state index contributed by atoms with van der Waals surface area (Å²) in [4.78, 5) is 0. The van der Waals surface area contributed by atoms with Gasteiger partial charge in [-0.2, -0.15) is 4.31 Å². The fourth-order valence-electron chi connectivity index (χ4n) is 1.83. The lowest BCUT2D eigenvalue weighted by Crippen LogP contribution is -2.38. The highest BCUT2D eigenvalue weighted by Gasteiger charge is 2.16. The molecule has 1 rings (SSSR count). The Morgan fingerprint density at radius 2 is 1.82 bits per heavy atom. The van der Waals surface area contributed by atoms with Crippen LogP contribution in [0, 0.1) is 0 Å². The molecule has 0 radical (unpaired) electrons. The molecular formula is C14H22N2O4S2. The number of rotatable bonds is 10. The lowest BCUT2D eigenvalue weighted by Gasteiger charge is -2.18. The van der Waals surface area contributed by atoms with Gasteiger partial charge in [-0.1, -0.05) is 36.4 Å². The zero-order valence-corrected chi connectivity index (χ0v) is 14.2. The van der Waals surface area contributed by atoms with Gasteiger partial charge in [-0.15, -0.1) is 6.58 Å². The molecule has 0 amide bonds.